The highest BCUT2D eigenvalue weighted by Crippen LogP contribution is 2.18. The normalized spacial score (nSPS) is 15.2. The molecule has 2 radical (unpaired) electrons. The molecule has 0 bridgehead atoms. The second-order valence-corrected chi connectivity index (χ2v) is 5.53. The fourth-order valence-electron chi connectivity index (χ4n) is 1.93. The van der Waals surface area contributed by atoms with Crippen LogP contribution in [-0.2, 0) is 17.7 Å². The van der Waals surface area contributed by atoms with Crippen molar-refractivity contribution in [3.05, 3.63) is 23.5 Å². The molecule has 4 nitrogen and oxygen atoms in total. The van der Waals surface area contributed by atoms with Gasteiger partial charge in [-0.2, -0.15) is 0 Å². The number of amides is 1. The van der Waals surface area contributed by atoms with Crippen molar-refractivity contribution in [1.29, 1.82) is 0 Å². The molecule has 0 fully saturated rings. The van der Waals surface area contributed by atoms with Crippen molar-refractivity contribution in [3.8, 4) is 0 Å². The van der Waals surface area contributed by atoms with Gasteiger partial charge in [-0.3, -0.25) is 4.98 Å². The number of pyridine rings is 1. The van der Waals surface area contributed by atoms with Crippen LogP contribution in [0.3, 0.4) is 0 Å². The molecule has 1 aromatic rings. The molecule has 0 N–H and O–H groups in total. The minimum absolute atomic E-state index is 0.282. The van der Waals surface area contributed by atoms with Crippen LogP contribution in [0.5, 0.6) is 0 Å². The lowest BCUT2D eigenvalue weighted by Gasteiger charge is -2.30. The minimum Gasteiger partial charge on any atom is -0.444 e. The molecule has 0 aromatic carbocycles. The average Bonchev–Trinajstić information content (AvgIpc) is 2.25. The highest BCUT2D eigenvalue weighted by Gasteiger charge is 2.25. The molecule has 0 saturated heterocycles. The Kier molecular flexibility index (Phi) is 3.33. The van der Waals surface area contributed by atoms with E-state index >= 15 is 0 Å². The van der Waals surface area contributed by atoms with E-state index in [-0.39, 0.29) is 6.09 Å². The van der Waals surface area contributed by atoms with E-state index in [1.54, 1.807) is 11.1 Å². The van der Waals surface area contributed by atoms with Crippen molar-refractivity contribution in [2.45, 2.75) is 39.3 Å². The number of carbonyl (C=O) groups is 1. The summed E-state index contributed by atoms with van der Waals surface area (Å²) in [5.74, 6) is 0. The number of hydrogen-bond acceptors (Lipinski definition) is 3. The topological polar surface area (TPSA) is 42.4 Å². The predicted octanol–water partition coefficient (Wildman–Crippen LogP) is 1.17. The van der Waals surface area contributed by atoms with E-state index in [2.05, 4.69) is 4.98 Å². The SMILES string of the molecule is [B]c1cnc2c(c1)CN(C(=O)OC(C)(C)C)CC2. The molecule has 94 valence electrons. The summed E-state index contributed by atoms with van der Waals surface area (Å²) in [6, 6.07) is 1.87. The first-order chi connectivity index (χ1) is 8.35. The van der Waals surface area contributed by atoms with E-state index in [1.807, 2.05) is 26.8 Å². The lowest BCUT2D eigenvalue weighted by Crippen LogP contribution is -2.40. The summed E-state index contributed by atoms with van der Waals surface area (Å²) < 4.78 is 5.36. The molecule has 2 heterocycles. The highest BCUT2D eigenvalue weighted by atomic mass is 16.6. The fourth-order valence-corrected chi connectivity index (χ4v) is 1.93. The van der Waals surface area contributed by atoms with E-state index in [0.717, 1.165) is 17.7 Å². The molecule has 0 unspecified atom stereocenters. The smallest absolute Gasteiger partial charge is 0.410 e. The van der Waals surface area contributed by atoms with E-state index in [1.165, 1.54) is 0 Å². The van der Waals surface area contributed by atoms with E-state index in [4.69, 9.17) is 12.6 Å². The Hall–Kier alpha value is -1.52. The van der Waals surface area contributed by atoms with Crippen LogP contribution in [0.2, 0.25) is 0 Å². The quantitative estimate of drug-likeness (QED) is 0.643. The summed E-state index contributed by atoms with van der Waals surface area (Å²) in [5, 5.41) is 0. The summed E-state index contributed by atoms with van der Waals surface area (Å²) in [6.07, 6.45) is 2.12. The number of nitrogens with zero attached hydrogens (tertiary/aromatic N) is 2. The van der Waals surface area contributed by atoms with Gasteiger partial charge in [0.15, 0.2) is 0 Å². The zero-order chi connectivity index (χ0) is 13.3. The third-order valence-corrected chi connectivity index (χ3v) is 2.71. The summed E-state index contributed by atoms with van der Waals surface area (Å²) in [6.45, 7) is 6.74. The van der Waals surface area contributed by atoms with Crippen LogP contribution in [0.4, 0.5) is 4.79 Å². The van der Waals surface area contributed by atoms with Crippen molar-refractivity contribution in [2.75, 3.05) is 6.54 Å². The largest absolute Gasteiger partial charge is 0.444 e. The minimum atomic E-state index is -0.467. The molecule has 0 aliphatic carbocycles. The number of carbonyl (C=O) groups excluding carboxylic acids is 1. The monoisotopic (exact) mass is 244 g/mol. The summed E-state index contributed by atoms with van der Waals surface area (Å²) in [4.78, 5) is 17.9. The van der Waals surface area contributed by atoms with Gasteiger partial charge in [0.1, 0.15) is 13.4 Å². The third-order valence-electron chi connectivity index (χ3n) is 2.71. The predicted molar refractivity (Wildman–Crippen MR) is 70.0 cm³/mol. The van der Waals surface area contributed by atoms with Gasteiger partial charge in [-0.25, -0.2) is 4.79 Å². The zero-order valence-electron chi connectivity index (χ0n) is 11.1. The van der Waals surface area contributed by atoms with Crippen molar-refractivity contribution < 1.29 is 9.53 Å². The summed E-state index contributed by atoms with van der Waals surface area (Å²) in [5.41, 5.74) is 2.18. The Labute approximate surface area is 109 Å². The van der Waals surface area contributed by atoms with Crippen LogP contribution in [0.15, 0.2) is 12.3 Å². The average molecular weight is 244 g/mol. The Morgan fingerprint density at radius 1 is 1.50 bits per heavy atom. The number of ether oxygens (including phenoxy) is 1. The van der Waals surface area contributed by atoms with Crippen molar-refractivity contribution in [3.63, 3.8) is 0 Å². The first-order valence-corrected chi connectivity index (χ1v) is 6.06. The van der Waals surface area contributed by atoms with Gasteiger partial charge in [0.2, 0.25) is 0 Å². The van der Waals surface area contributed by atoms with Crippen LogP contribution >= 0.6 is 0 Å². The molecular formula is C13H17BN2O2. The van der Waals surface area contributed by atoms with Crippen molar-refractivity contribution >= 4 is 19.4 Å². The Morgan fingerprint density at radius 2 is 2.22 bits per heavy atom. The van der Waals surface area contributed by atoms with Gasteiger partial charge in [0.25, 0.3) is 0 Å². The number of hydrogen-bond donors (Lipinski definition) is 0. The van der Waals surface area contributed by atoms with Crippen LogP contribution < -0.4 is 5.46 Å². The molecule has 2 rings (SSSR count). The second kappa shape index (κ2) is 4.63. The van der Waals surface area contributed by atoms with Gasteiger partial charge in [-0.1, -0.05) is 11.5 Å². The Balaban J connectivity index is 2.09. The van der Waals surface area contributed by atoms with Crippen molar-refractivity contribution in [2.24, 2.45) is 0 Å². The number of aromatic nitrogens is 1. The molecule has 1 aliphatic rings. The maximum absolute atomic E-state index is 12.0. The maximum Gasteiger partial charge on any atom is 0.410 e. The van der Waals surface area contributed by atoms with Crippen LogP contribution in [0, 0.1) is 0 Å². The third kappa shape index (κ3) is 3.03. The lowest BCUT2D eigenvalue weighted by molar-refractivity contribution is 0.0223. The van der Waals surface area contributed by atoms with E-state index < -0.39 is 5.60 Å². The first-order valence-electron chi connectivity index (χ1n) is 6.06. The molecule has 0 spiro atoms. The van der Waals surface area contributed by atoms with E-state index in [0.29, 0.717) is 18.6 Å². The second-order valence-electron chi connectivity index (χ2n) is 5.53. The standard InChI is InChI=1S/C13H17BN2O2/c1-13(2,3)18-12(17)16-5-4-11-9(8-16)6-10(14)7-15-11/h6-7H,4-5,8H2,1-3H3. The Morgan fingerprint density at radius 3 is 2.89 bits per heavy atom. The fraction of sp³-hybridized carbons (Fsp3) is 0.538. The lowest BCUT2D eigenvalue weighted by atomic mass is 9.94. The zero-order valence-corrected chi connectivity index (χ0v) is 11.1. The molecule has 1 amide bonds. The molecule has 1 aliphatic heterocycles. The van der Waals surface area contributed by atoms with Gasteiger partial charge in [0.05, 0.1) is 6.54 Å². The van der Waals surface area contributed by atoms with Gasteiger partial charge in [-0.15, -0.1) is 0 Å². The molecule has 5 heteroatoms. The van der Waals surface area contributed by atoms with Crippen LogP contribution in [0.25, 0.3) is 0 Å². The summed E-state index contributed by atoms with van der Waals surface area (Å²) in [7, 11) is 5.71. The molecule has 18 heavy (non-hydrogen) atoms. The summed E-state index contributed by atoms with van der Waals surface area (Å²) >= 11 is 0. The van der Waals surface area contributed by atoms with Gasteiger partial charge in [0, 0.05) is 24.9 Å². The van der Waals surface area contributed by atoms with Gasteiger partial charge in [-0.05, 0) is 26.3 Å². The Bertz CT molecular complexity index is 469. The van der Waals surface area contributed by atoms with Gasteiger partial charge >= 0.3 is 6.09 Å². The number of rotatable bonds is 0. The van der Waals surface area contributed by atoms with Gasteiger partial charge < -0.3 is 9.64 Å². The van der Waals surface area contributed by atoms with Crippen molar-refractivity contribution in [1.82, 2.24) is 9.88 Å². The molecule has 0 atom stereocenters. The maximum atomic E-state index is 12.0. The van der Waals surface area contributed by atoms with Crippen LogP contribution in [-0.4, -0.2) is 36.0 Å². The number of fused-ring (bicyclic) bond motifs is 1. The highest BCUT2D eigenvalue weighted by molar-refractivity contribution is 6.32. The molecule has 1 aromatic heterocycles. The molecule has 0 saturated carbocycles. The molecular weight excluding hydrogens is 227 g/mol. The van der Waals surface area contributed by atoms with Crippen LogP contribution in [0.1, 0.15) is 32.0 Å². The van der Waals surface area contributed by atoms with E-state index in [9.17, 15) is 4.79 Å². The first kappa shape index (κ1) is 12.9.